The molecule has 0 saturated heterocycles. The summed E-state index contributed by atoms with van der Waals surface area (Å²) in [6.07, 6.45) is 0.783. The molecule has 0 aliphatic heterocycles. The zero-order valence-corrected chi connectivity index (χ0v) is 9.13. The smallest absolute Gasteiger partial charge is 0.141 e. The fourth-order valence-corrected chi connectivity index (χ4v) is 2.33. The van der Waals surface area contributed by atoms with Crippen molar-refractivity contribution in [3.8, 4) is 0 Å². The van der Waals surface area contributed by atoms with Gasteiger partial charge in [0.2, 0.25) is 0 Å². The summed E-state index contributed by atoms with van der Waals surface area (Å²) in [5.74, 6) is -0.355. The normalized spacial score (nSPS) is 19.9. The number of benzene rings is 1. The van der Waals surface area contributed by atoms with Crippen molar-refractivity contribution in [1.82, 2.24) is 0 Å². The number of halogens is 1. The Morgan fingerprint density at radius 1 is 1.06 bits per heavy atom. The van der Waals surface area contributed by atoms with E-state index in [-0.39, 0.29) is 23.8 Å². The largest absolute Gasteiger partial charge is 0.299 e. The molecular weight excluding hydrogens is 207 g/mol. The summed E-state index contributed by atoms with van der Waals surface area (Å²) >= 11 is 0. The van der Waals surface area contributed by atoms with Crippen LogP contribution in [0.25, 0.3) is 0 Å². The topological polar surface area (TPSA) is 34.1 Å². The molecule has 0 spiro atoms. The molecule has 1 aromatic carbocycles. The zero-order valence-electron chi connectivity index (χ0n) is 9.13. The SMILES string of the molecule is CC1(c2ccc(F)cc2)CC(=O)CC(=O)C1. The van der Waals surface area contributed by atoms with E-state index < -0.39 is 5.41 Å². The molecule has 1 aliphatic carbocycles. The van der Waals surface area contributed by atoms with Gasteiger partial charge in [0.25, 0.3) is 0 Å². The van der Waals surface area contributed by atoms with Crippen LogP contribution < -0.4 is 0 Å². The fraction of sp³-hybridized carbons (Fsp3) is 0.385. The second kappa shape index (κ2) is 3.81. The van der Waals surface area contributed by atoms with Crippen molar-refractivity contribution in [2.45, 2.75) is 31.6 Å². The highest BCUT2D eigenvalue weighted by Crippen LogP contribution is 2.35. The summed E-state index contributed by atoms with van der Waals surface area (Å²) in [5, 5.41) is 0. The molecule has 1 aromatic rings. The third-order valence-corrected chi connectivity index (χ3v) is 3.11. The van der Waals surface area contributed by atoms with Crippen LogP contribution in [0, 0.1) is 5.82 Å². The van der Waals surface area contributed by atoms with Gasteiger partial charge in [-0.2, -0.15) is 0 Å². The van der Waals surface area contributed by atoms with E-state index in [1.54, 1.807) is 12.1 Å². The Bertz CT molecular complexity index is 418. The van der Waals surface area contributed by atoms with Crippen molar-refractivity contribution in [3.05, 3.63) is 35.6 Å². The molecule has 2 nitrogen and oxygen atoms in total. The van der Waals surface area contributed by atoms with E-state index in [9.17, 15) is 14.0 Å². The van der Waals surface area contributed by atoms with E-state index in [4.69, 9.17) is 0 Å². The van der Waals surface area contributed by atoms with Crippen LogP contribution in [0.5, 0.6) is 0 Å². The van der Waals surface area contributed by atoms with Crippen LogP contribution in [0.1, 0.15) is 31.7 Å². The quantitative estimate of drug-likeness (QED) is 0.681. The van der Waals surface area contributed by atoms with Gasteiger partial charge in [-0.1, -0.05) is 19.1 Å². The maximum absolute atomic E-state index is 12.8. The minimum atomic E-state index is -0.458. The highest BCUT2D eigenvalue weighted by Gasteiger charge is 2.36. The lowest BCUT2D eigenvalue weighted by Gasteiger charge is -2.32. The summed E-state index contributed by atoms with van der Waals surface area (Å²) in [4.78, 5) is 22.9. The minimum absolute atomic E-state index is 0.0249. The third-order valence-electron chi connectivity index (χ3n) is 3.11. The Balaban J connectivity index is 2.33. The van der Waals surface area contributed by atoms with Crippen molar-refractivity contribution in [3.63, 3.8) is 0 Å². The highest BCUT2D eigenvalue weighted by atomic mass is 19.1. The van der Waals surface area contributed by atoms with Gasteiger partial charge in [0.05, 0.1) is 6.42 Å². The molecule has 0 N–H and O–H groups in total. The van der Waals surface area contributed by atoms with Gasteiger partial charge in [-0.25, -0.2) is 4.39 Å². The van der Waals surface area contributed by atoms with Gasteiger partial charge >= 0.3 is 0 Å². The van der Waals surface area contributed by atoms with E-state index in [2.05, 4.69) is 0 Å². The van der Waals surface area contributed by atoms with Crippen LogP contribution in [0.3, 0.4) is 0 Å². The fourth-order valence-electron chi connectivity index (χ4n) is 2.33. The molecular formula is C13H13FO2. The molecule has 1 saturated carbocycles. The molecule has 0 atom stereocenters. The average molecular weight is 220 g/mol. The van der Waals surface area contributed by atoms with E-state index in [1.165, 1.54) is 12.1 Å². The van der Waals surface area contributed by atoms with Gasteiger partial charge in [0.1, 0.15) is 17.4 Å². The van der Waals surface area contributed by atoms with E-state index >= 15 is 0 Å². The van der Waals surface area contributed by atoms with Crippen molar-refractivity contribution in [2.24, 2.45) is 0 Å². The molecule has 0 radical (unpaired) electrons. The number of hydrogen-bond donors (Lipinski definition) is 0. The molecule has 0 amide bonds. The maximum atomic E-state index is 12.8. The molecule has 84 valence electrons. The first-order valence-electron chi connectivity index (χ1n) is 5.29. The summed E-state index contributed by atoms with van der Waals surface area (Å²) < 4.78 is 12.8. The maximum Gasteiger partial charge on any atom is 0.141 e. The lowest BCUT2D eigenvalue weighted by atomic mass is 9.70. The van der Waals surface area contributed by atoms with Gasteiger partial charge < -0.3 is 0 Å². The Morgan fingerprint density at radius 2 is 1.56 bits per heavy atom. The Kier molecular flexibility index (Phi) is 2.62. The van der Waals surface area contributed by atoms with Crippen LogP contribution in [0.4, 0.5) is 4.39 Å². The summed E-state index contributed by atoms with van der Waals surface area (Å²) in [7, 11) is 0. The lowest BCUT2D eigenvalue weighted by Crippen LogP contribution is -2.34. The van der Waals surface area contributed by atoms with Gasteiger partial charge in [-0.3, -0.25) is 9.59 Å². The van der Waals surface area contributed by atoms with E-state index in [1.807, 2.05) is 6.92 Å². The van der Waals surface area contributed by atoms with Crippen LogP contribution in [-0.2, 0) is 15.0 Å². The predicted molar refractivity (Wildman–Crippen MR) is 57.6 cm³/mol. The number of Topliss-reactive ketones (excluding diaryl/α,β-unsaturated/α-hetero) is 2. The van der Waals surface area contributed by atoms with E-state index in [0.717, 1.165) is 5.56 Å². The number of rotatable bonds is 1. The molecule has 1 aliphatic rings. The summed E-state index contributed by atoms with van der Waals surface area (Å²) in [6.45, 7) is 1.88. The van der Waals surface area contributed by atoms with E-state index in [0.29, 0.717) is 12.8 Å². The average Bonchev–Trinajstić information content (AvgIpc) is 2.16. The molecule has 16 heavy (non-hydrogen) atoms. The zero-order chi connectivity index (χ0) is 11.8. The summed E-state index contributed by atoms with van der Waals surface area (Å²) in [5.41, 5.74) is 0.399. The molecule has 3 heteroatoms. The second-order valence-electron chi connectivity index (χ2n) is 4.68. The van der Waals surface area contributed by atoms with Crippen LogP contribution >= 0.6 is 0 Å². The van der Waals surface area contributed by atoms with Crippen LogP contribution in [-0.4, -0.2) is 11.6 Å². The van der Waals surface area contributed by atoms with Crippen molar-refractivity contribution >= 4 is 11.6 Å². The Labute approximate surface area is 93.5 Å². The Morgan fingerprint density at radius 3 is 2.06 bits per heavy atom. The molecule has 1 fully saturated rings. The molecule has 0 bridgehead atoms. The van der Waals surface area contributed by atoms with Gasteiger partial charge in [0.15, 0.2) is 0 Å². The first-order chi connectivity index (χ1) is 7.49. The number of ketones is 2. The Hall–Kier alpha value is -1.51. The first-order valence-corrected chi connectivity index (χ1v) is 5.29. The standard InChI is InChI=1S/C13H13FO2/c1-13(7-11(15)6-12(16)8-13)9-2-4-10(14)5-3-9/h2-5H,6-8H2,1H3. The van der Waals surface area contributed by atoms with Gasteiger partial charge in [-0.05, 0) is 17.7 Å². The van der Waals surface area contributed by atoms with Crippen molar-refractivity contribution < 1.29 is 14.0 Å². The number of carbonyl (C=O) groups is 2. The van der Waals surface area contributed by atoms with Gasteiger partial charge in [-0.15, -0.1) is 0 Å². The predicted octanol–water partition coefficient (Wildman–Crippen LogP) is 2.41. The summed E-state index contributed by atoms with van der Waals surface area (Å²) in [6, 6.07) is 6.04. The van der Waals surface area contributed by atoms with Crippen molar-refractivity contribution in [1.29, 1.82) is 0 Å². The van der Waals surface area contributed by atoms with Gasteiger partial charge in [0, 0.05) is 18.3 Å². The first kappa shape index (κ1) is 11.0. The highest BCUT2D eigenvalue weighted by molar-refractivity contribution is 6.02. The second-order valence-corrected chi connectivity index (χ2v) is 4.68. The van der Waals surface area contributed by atoms with Crippen LogP contribution in [0.2, 0.25) is 0 Å². The monoisotopic (exact) mass is 220 g/mol. The molecule has 2 rings (SSSR count). The number of carbonyl (C=O) groups excluding carboxylic acids is 2. The molecule has 0 unspecified atom stereocenters. The lowest BCUT2D eigenvalue weighted by molar-refractivity contribution is -0.131. The third kappa shape index (κ3) is 2.03. The minimum Gasteiger partial charge on any atom is -0.299 e. The molecule has 0 heterocycles. The molecule has 0 aromatic heterocycles. The van der Waals surface area contributed by atoms with Crippen molar-refractivity contribution in [2.75, 3.05) is 0 Å². The number of hydrogen-bond acceptors (Lipinski definition) is 2. The van der Waals surface area contributed by atoms with Crippen LogP contribution in [0.15, 0.2) is 24.3 Å².